The summed E-state index contributed by atoms with van der Waals surface area (Å²) >= 11 is 0. The summed E-state index contributed by atoms with van der Waals surface area (Å²) in [6.45, 7) is -1.72. The zero-order valence-corrected chi connectivity index (χ0v) is 16.6. The second kappa shape index (κ2) is 9.39. The Kier molecular flexibility index (Phi) is 7.55. The van der Waals surface area contributed by atoms with Gasteiger partial charge in [-0.1, -0.05) is 60.7 Å². The van der Waals surface area contributed by atoms with E-state index < -0.39 is 49.2 Å². The maximum atomic E-state index is 14.8. The molecular weight excluding hydrogens is 495 g/mol. The van der Waals surface area contributed by atoms with Crippen molar-refractivity contribution in [3.8, 4) is 0 Å². The summed E-state index contributed by atoms with van der Waals surface area (Å²) in [7, 11) is 0. The lowest BCUT2D eigenvalue weighted by atomic mass is 10.1. The minimum atomic E-state index is -7.26. The van der Waals surface area contributed by atoms with Crippen molar-refractivity contribution in [2.24, 2.45) is 0 Å². The lowest BCUT2D eigenvalue weighted by molar-refractivity contribution is -0.473. The van der Waals surface area contributed by atoms with E-state index in [0.717, 1.165) is 0 Å². The second-order valence-corrected chi connectivity index (χ2v) is 6.92. The van der Waals surface area contributed by atoms with Gasteiger partial charge in [-0.3, -0.25) is 9.53 Å². The first-order valence-electron chi connectivity index (χ1n) is 9.08. The first-order chi connectivity index (χ1) is 15.4. The molecular formula is C20H14F11NO2. The third kappa shape index (κ3) is 5.59. The van der Waals surface area contributed by atoms with Crippen LogP contribution in [-0.4, -0.2) is 41.0 Å². The van der Waals surface area contributed by atoms with Crippen molar-refractivity contribution >= 4 is 5.91 Å². The number of carbonyl (C=O) groups is 1. The van der Waals surface area contributed by atoms with Crippen molar-refractivity contribution in [2.75, 3.05) is 0 Å². The molecule has 0 unspecified atom stereocenters. The van der Waals surface area contributed by atoms with Gasteiger partial charge in [-0.05, 0) is 11.1 Å². The van der Waals surface area contributed by atoms with E-state index in [1.165, 1.54) is 60.7 Å². The van der Waals surface area contributed by atoms with E-state index in [-0.39, 0.29) is 16.0 Å². The quantitative estimate of drug-likeness (QED) is 0.394. The maximum absolute atomic E-state index is 14.8. The molecule has 2 aromatic carbocycles. The van der Waals surface area contributed by atoms with E-state index in [9.17, 15) is 53.1 Å². The number of hydrogen-bond acceptors (Lipinski definition) is 2. The minimum absolute atomic E-state index is 0.0000317. The topological polar surface area (TPSA) is 29.5 Å². The highest BCUT2D eigenvalue weighted by Crippen LogP contribution is 2.51. The first kappa shape index (κ1) is 27.3. The molecule has 0 aliphatic heterocycles. The molecule has 1 amide bonds. The number of ether oxygens (including phenoxy) is 1. The Morgan fingerprint density at radius 2 is 1.03 bits per heavy atom. The third-order valence-electron chi connectivity index (χ3n) is 4.35. The summed E-state index contributed by atoms with van der Waals surface area (Å²) in [5.74, 6) is -16.5. The van der Waals surface area contributed by atoms with Gasteiger partial charge in [0.25, 0.3) is 5.91 Å². The van der Waals surface area contributed by atoms with Gasteiger partial charge in [-0.15, -0.1) is 0 Å². The Hall–Kier alpha value is -2.90. The molecule has 0 aliphatic carbocycles. The van der Waals surface area contributed by atoms with E-state index >= 15 is 0 Å². The Labute approximate surface area is 184 Å². The molecule has 2 aromatic rings. The number of benzene rings is 2. The molecule has 34 heavy (non-hydrogen) atoms. The lowest BCUT2D eigenvalue weighted by Gasteiger charge is -2.36. The maximum Gasteiger partial charge on any atom is 0.462 e. The zero-order chi connectivity index (χ0) is 26.0. The van der Waals surface area contributed by atoms with Crippen molar-refractivity contribution in [3.05, 3.63) is 71.8 Å². The second-order valence-electron chi connectivity index (χ2n) is 6.92. The average Bonchev–Trinajstić information content (AvgIpc) is 2.72. The summed E-state index contributed by atoms with van der Waals surface area (Å²) in [5, 5.41) is 0. The molecule has 0 aliphatic rings. The highest BCUT2D eigenvalue weighted by molar-refractivity contribution is 5.84. The fourth-order valence-corrected chi connectivity index (χ4v) is 2.64. The van der Waals surface area contributed by atoms with Crippen molar-refractivity contribution in [1.82, 2.24) is 4.90 Å². The van der Waals surface area contributed by atoms with Gasteiger partial charge in [0.15, 0.2) is 0 Å². The Balaban J connectivity index is 2.53. The Morgan fingerprint density at radius 3 is 1.35 bits per heavy atom. The van der Waals surface area contributed by atoms with Gasteiger partial charge in [0.1, 0.15) is 0 Å². The van der Waals surface area contributed by atoms with Crippen LogP contribution < -0.4 is 0 Å². The molecule has 0 radical (unpaired) electrons. The van der Waals surface area contributed by atoms with Crippen LogP contribution in [0.2, 0.25) is 0 Å². The molecule has 0 fully saturated rings. The van der Waals surface area contributed by atoms with Crippen LogP contribution in [-0.2, 0) is 22.6 Å². The smallest absolute Gasteiger partial charge is 0.329 e. The molecule has 0 saturated heterocycles. The van der Waals surface area contributed by atoms with Gasteiger partial charge in [-0.25, -0.2) is 0 Å². The molecule has 0 N–H and O–H groups in total. The van der Waals surface area contributed by atoms with Gasteiger partial charge in [0.05, 0.1) is 0 Å². The van der Waals surface area contributed by atoms with Crippen LogP contribution in [0.3, 0.4) is 0 Å². The van der Waals surface area contributed by atoms with Crippen molar-refractivity contribution in [2.45, 2.75) is 43.3 Å². The number of alkyl halides is 11. The molecule has 1 atom stereocenters. The summed E-state index contributed by atoms with van der Waals surface area (Å²) in [6.07, 6.45) is -21.0. The molecule has 3 nitrogen and oxygen atoms in total. The summed E-state index contributed by atoms with van der Waals surface area (Å²) in [4.78, 5) is 12.5. The van der Waals surface area contributed by atoms with Crippen molar-refractivity contribution in [1.29, 1.82) is 0 Å². The molecule has 0 bridgehead atoms. The minimum Gasteiger partial charge on any atom is -0.329 e. The van der Waals surface area contributed by atoms with E-state index in [2.05, 4.69) is 4.74 Å². The molecule has 0 heterocycles. The van der Waals surface area contributed by atoms with Crippen LogP contribution in [0.5, 0.6) is 0 Å². The fraction of sp³-hybridized carbons (Fsp3) is 0.350. The summed E-state index contributed by atoms with van der Waals surface area (Å²) in [5.41, 5.74) is 0.118. The zero-order valence-electron chi connectivity index (χ0n) is 16.6. The Morgan fingerprint density at radius 1 is 0.647 bits per heavy atom. The van der Waals surface area contributed by atoms with Crippen LogP contribution >= 0.6 is 0 Å². The van der Waals surface area contributed by atoms with E-state index in [1.807, 2.05) is 0 Å². The number of carbonyl (C=O) groups excluding carboxylic acids is 1. The SMILES string of the molecule is O=C(N(Cc1ccccc1)Cc1ccccc1)[C@](F)(OC(F)(F)C(F)(F)C(F)(F)F)C(F)(F)F. The lowest BCUT2D eigenvalue weighted by Crippen LogP contribution is -2.63. The van der Waals surface area contributed by atoms with Crippen LogP contribution in [0.4, 0.5) is 48.3 Å². The van der Waals surface area contributed by atoms with E-state index in [0.29, 0.717) is 0 Å². The molecule has 0 aromatic heterocycles. The number of rotatable bonds is 8. The molecule has 0 saturated carbocycles. The first-order valence-corrected chi connectivity index (χ1v) is 9.08. The van der Waals surface area contributed by atoms with Crippen LogP contribution in [0.1, 0.15) is 11.1 Å². The van der Waals surface area contributed by atoms with E-state index in [1.54, 1.807) is 0 Å². The normalized spacial score (nSPS) is 15.0. The highest BCUT2D eigenvalue weighted by Gasteiger charge is 2.80. The number of halogens is 11. The molecule has 188 valence electrons. The largest absolute Gasteiger partial charge is 0.462 e. The number of nitrogens with zero attached hydrogens (tertiary/aromatic N) is 1. The van der Waals surface area contributed by atoms with Crippen LogP contribution in [0, 0.1) is 0 Å². The highest BCUT2D eigenvalue weighted by atomic mass is 19.4. The van der Waals surface area contributed by atoms with Gasteiger partial charge < -0.3 is 4.90 Å². The van der Waals surface area contributed by atoms with Gasteiger partial charge in [0.2, 0.25) is 0 Å². The summed E-state index contributed by atoms with van der Waals surface area (Å²) < 4.78 is 148. The molecule has 2 rings (SSSR count). The standard InChI is InChI=1S/C20H14F11NO2/c21-16(18(24,25)26,34-20(30,31)17(22,23)19(27,28)29)15(33)32(11-13-7-3-1-4-8-13)12-14-9-5-2-6-10-14/h1-10H,11-12H2/t16-/m0/s1. The Bertz CT molecular complexity index is 920. The van der Waals surface area contributed by atoms with Crippen LogP contribution in [0.15, 0.2) is 60.7 Å². The third-order valence-corrected chi connectivity index (χ3v) is 4.35. The molecule has 0 spiro atoms. The van der Waals surface area contributed by atoms with Crippen molar-refractivity contribution < 1.29 is 57.8 Å². The fourth-order valence-electron chi connectivity index (χ4n) is 2.64. The van der Waals surface area contributed by atoms with Gasteiger partial charge >= 0.3 is 30.2 Å². The predicted molar refractivity (Wildman–Crippen MR) is 94.1 cm³/mol. The van der Waals surface area contributed by atoms with Crippen molar-refractivity contribution in [3.63, 3.8) is 0 Å². The number of hydrogen-bond donors (Lipinski definition) is 0. The molecule has 14 heteroatoms. The average molecular weight is 509 g/mol. The van der Waals surface area contributed by atoms with Crippen LogP contribution in [0.25, 0.3) is 0 Å². The van der Waals surface area contributed by atoms with E-state index in [4.69, 9.17) is 0 Å². The number of amides is 1. The van der Waals surface area contributed by atoms with Gasteiger partial charge in [0, 0.05) is 13.1 Å². The van der Waals surface area contributed by atoms with Gasteiger partial charge in [-0.2, -0.15) is 48.3 Å². The predicted octanol–water partition coefficient (Wildman–Crippen LogP) is 6.25. The summed E-state index contributed by atoms with van der Waals surface area (Å²) in [6, 6.07) is 13.4. The monoisotopic (exact) mass is 509 g/mol.